The van der Waals surface area contributed by atoms with Gasteiger partial charge in [0.05, 0.1) is 6.04 Å². The molecule has 2 unspecified atom stereocenters. The van der Waals surface area contributed by atoms with Gasteiger partial charge in [0.1, 0.15) is 0 Å². The molecule has 0 aliphatic carbocycles. The van der Waals surface area contributed by atoms with Crippen LogP contribution in [0.1, 0.15) is 43.9 Å². The highest BCUT2D eigenvalue weighted by Gasteiger charge is 2.17. The fourth-order valence-electron chi connectivity index (χ4n) is 4.21. The molecule has 0 amide bonds. The summed E-state index contributed by atoms with van der Waals surface area (Å²) < 4.78 is 0. The molecule has 0 saturated carbocycles. The minimum atomic E-state index is 0.140. The minimum absolute atomic E-state index is 0.140. The van der Waals surface area contributed by atoms with E-state index >= 15 is 0 Å². The van der Waals surface area contributed by atoms with Gasteiger partial charge in [0.15, 0.2) is 5.11 Å². The molecule has 3 aromatic carbocycles. The third kappa shape index (κ3) is 6.99. The van der Waals surface area contributed by atoms with E-state index in [0.29, 0.717) is 5.11 Å². The van der Waals surface area contributed by atoms with Gasteiger partial charge in [0, 0.05) is 35.1 Å². The number of nitrogens with zero attached hydrogens (tertiary/aromatic N) is 1. The molecule has 4 rings (SSSR count). The predicted molar refractivity (Wildman–Crippen MR) is 147 cm³/mol. The first-order chi connectivity index (χ1) is 16.1. The summed E-state index contributed by atoms with van der Waals surface area (Å²) in [5, 5.41) is 7.37. The molecule has 1 saturated heterocycles. The minimum Gasteiger partial charge on any atom is -0.371 e. The first kappa shape index (κ1) is 23.7. The van der Waals surface area contributed by atoms with Crippen molar-refractivity contribution < 1.29 is 0 Å². The fourth-order valence-corrected chi connectivity index (χ4v) is 5.38. The van der Waals surface area contributed by atoms with Crippen LogP contribution >= 0.6 is 24.0 Å². The lowest BCUT2D eigenvalue weighted by Crippen LogP contribution is -2.34. The molecule has 2 N–H and O–H groups in total. The Balaban J connectivity index is 1.25. The van der Waals surface area contributed by atoms with Gasteiger partial charge < -0.3 is 15.5 Å². The summed E-state index contributed by atoms with van der Waals surface area (Å²) in [6, 6.07) is 28.1. The molecule has 33 heavy (non-hydrogen) atoms. The lowest BCUT2D eigenvalue weighted by molar-refractivity contribution is 0.447. The van der Waals surface area contributed by atoms with Gasteiger partial charge in [0.2, 0.25) is 0 Å². The summed E-state index contributed by atoms with van der Waals surface area (Å²) in [5.41, 5.74) is 4.86. The number of rotatable bonds is 7. The van der Waals surface area contributed by atoms with Crippen LogP contribution < -0.4 is 15.5 Å². The summed E-state index contributed by atoms with van der Waals surface area (Å²) >= 11 is 7.41. The highest BCUT2D eigenvalue weighted by Crippen LogP contribution is 2.25. The van der Waals surface area contributed by atoms with Crippen LogP contribution in [-0.4, -0.2) is 18.2 Å². The summed E-state index contributed by atoms with van der Waals surface area (Å²) in [5.74, 6) is 1.73. The van der Waals surface area contributed by atoms with Gasteiger partial charge in [-0.05, 0) is 85.4 Å². The third-order valence-corrected chi connectivity index (χ3v) is 7.43. The quantitative estimate of drug-likeness (QED) is 0.277. The molecule has 3 nitrogen and oxygen atoms in total. The van der Waals surface area contributed by atoms with Gasteiger partial charge in [-0.15, -0.1) is 11.8 Å². The molecule has 0 radical (unpaired) electrons. The summed E-state index contributed by atoms with van der Waals surface area (Å²) in [4.78, 5) is 3.79. The second-order valence-electron chi connectivity index (χ2n) is 8.90. The summed E-state index contributed by atoms with van der Waals surface area (Å²) in [7, 11) is 0. The first-order valence-electron chi connectivity index (χ1n) is 11.8. The van der Waals surface area contributed by atoms with Crippen molar-refractivity contribution >= 4 is 40.5 Å². The van der Waals surface area contributed by atoms with Gasteiger partial charge in [-0.1, -0.05) is 49.4 Å². The number of anilines is 2. The summed E-state index contributed by atoms with van der Waals surface area (Å²) in [6.07, 6.45) is 2.63. The fraction of sp³-hybridized carbons (Fsp3) is 0.321. The van der Waals surface area contributed by atoms with Crippen LogP contribution in [-0.2, 0) is 5.75 Å². The summed E-state index contributed by atoms with van der Waals surface area (Å²) in [6.45, 7) is 6.81. The van der Waals surface area contributed by atoms with E-state index in [9.17, 15) is 0 Å². The van der Waals surface area contributed by atoms with Gasteiger partial charge in [-0.25, -0.2) is 0 Å². The molecule has 1 heterocycles. The molecule has 0 aromatic heterocycles. The second-order valence-corrected chi connectivity index (χ2v) is 10.4. The maximum absolute atomic E-state index is 5.57. The van der Waals surface area contributed by atoms with E-state index in [1.165, 1.54) is 34.6 Å². The third-order valence-electron chi connectivity index (χ3n) is 6.12. The van der Waals surface area contributed by atoms with Gasteiger partial charge in [0.25, 0.3) is 0 Å². The van der Waals surface area contributed by atoms with Gasteiger partial charge in [-0.3, -0.25) is 0 Å². The Morgan fingerprint density at radius 3 is 2.45 bits per heavy atom. The van der Waals surface area contributed by atoms with Crippen LogP contribution in [0.25, 0.3) is 0 Å². The molecule has 2 atom stereocenters. The van der Waals surface area contributed by atoms with E-state index in [4.69, 9.17) is 12.2 Å². The standard InChI is InChI=1S/C28H33N3S2/c1-21-7-6-18-31(19-21)26-16-12-24(13-17-26)22(2)29-28(32)30-25-14-10-23(11-15-25)20-33-27-8-4-3-5-9-27/h3-5,8-17,21-22H,6-7,18-20H2,1-2H3,(H2,29,30,32). The molecule has 1 aliphatic heterocycles. The van der Waals surface area contributed by atoms with E-state index in [-0.39, 0.29) is 6.04 Å². The van der Waals surface area contributed by atoms with Crippen molar-refractivity contribution in [2.75, 3.05) is 23.3 Å². The monoisotopic (exact) mass is 475 g/mol. The number of hydrogen-bond acceptors (Lipinski definition) is 3. The van der Waals surface area contributed by atoms with Crippen LogP contribution in [0, 0.1) is 5.92 Å². The molecule has 0 spiro atoms. The van der Waals surface area contributed by atoms with Crippen molar-refractivity contribution in [3.8, 4) is 0 Å². The number of piperidine rings is 1. The largest absolute Gasteiger partial charge is 0.371 e. The van der Waals surface area contributed by atoms with Crippen molar-refractivity contribution in [1.82, 2.24) is 5.32 Å². The Morgan fingerprint density at radius 2 is 1.76 bits per heavy atom. The Labute approximate surface area is 208 Å². The lowest BCUT2D eigenvalue weighted by Gasteiger charge is -2.33. The Kier molecular flexibility index (Phi) is 8.30. The van der Waals surface area contributed by atoms with Crippen molar-refractivity contribution in [2.24, 2.45) is 5.92 Å². The number of hydrogen-bond donors (Lipinski definition) is 2. The molecule has 3 aromatic rings. The van der Waals surface area contributed by atoms with E-state index < -0.39 is 0 Å². The normalized spacial score (nSPS) is 16.8. The van der Waals surface area contributed by atoms with Crippen LogP contribution in [0.3, 0.4) is 0 Å². The van der Waals surface area contributed by atoms with Gasteiger partial charge >= 0.3 is 0 Å². The van der Waals surface area contributed by atoms with Crippen LogP contribution in [0.2, 0.25) is 0 Å². The molecular formula is C28H33N3S2. The number of benzene rings is 3. The van der Waals surface area contributed by atoms with Crippen LogP contribution in [0.4, 0.5) is 11.4 Å². The zero-order valence-electron chi connectivity index (χ0n) is 19.5. The molecule has 1 aliphatic rings. The van der Waals surface area contributed by atoms with Crippen molar-refractivity contribution in [3.63, 3.8) is 0 Å². The zero-order chi connectivity index (χ0) is 23.0. The maximum Gasteiger partial charge on any atom is 0.171 e. The SMILES string of the molecule is CC1CCCN(c2ccc(C(C)NC(=S)Nc3ccc(CSc4ccccc4)cc3)cc2)C1. The van der Waals surface area contributed by atoms with E-state index in [2.05, 4.69) is 102 Å². The Hall–Kier alpha value is -2.50. The topological polar surface area (TPSA) is 27.3 Å². The Bertz CT molecular complexity index is 1020. The number of thiocarbonyl (C=S) groups is 1. The lowest BCUT2D eigenvalue weighted by atomic mass is 9.99. The molecule has 5 heteroatoms. The molecular weight excluding hydrogens is 442 g/mol. The van der Waals surface area contributed by atoms with Gasteiger partial charge in [-0.2, -0.15) is 0 Å². The first-order valence-corrected chi connectivity index (χ1v) is 13.2. The van der Waals surface area contributed by atoms with Crippen LogP contribution in [0.5, 0.6) is 0 Å². The highest BCUT2D eigenvalue weighted by atomic mass is 32.2. The maximum atomic E-state index is 5.57. The van der Waals surface area contributed by atoms with Crippen LogP contribution in [0.15, 0.2) is 83.8 Å². The van der Waals surface area contributed by atoms with E-state index in [0.717, 1.165) is 30.4 Å². The Morgan fingerprint density at radius 1 is 1.03 bits per heavy atom. The average Bonchev–Trinajstić information content (AvgIpc) is 2.84. The average molecular weight is 476 g/mol. The van der Waals surface area contributed by atoms with Crippen molar-refractivity contribution in [3.05, 3.63) is 90.0 Å². The smallest absolute Gasteiger partial charge is 0.171 e. The molecule has 1 fully saturated rings. The number of nitrogens with one attached hydrogen (secondary N) is 2. The molecule has 172 valence electrons. The van der Waals surface area contributed by atoms with E-state index in [1.54, 1.807) is 0 Å². The number of thioether (sulfide) groups is 1. The predicted octanol–water partition coefficient (Wildman–Crippen LogP) is 7.26. The highest BCUT2D eigenvalue weighted by molar-refractivity contribution is 7.98. The van der Waals surface area contributed by atoms with Crippen molar-refractivity contribution in [1.29, 1.82) is 0 Å². The zero-order valence-corrected chi connectivity index (χ0v) is 21.1. The molecule has 0 bridgehead atoms. The second kappa shape index (κ2) is 11.6. The van der Waals surface area contributed by atoms with E-state index in [1.807, 2.05) is 17.8 Å². The van der Waals surface area contributed by atoms with Crippen molar-refractivity contribution in [2.45, 2.75) is 43.4 Å².